The van der Waals surface area contributed by atoms with Gasteiger partial charge in [0.05, 0.1) is 5.75 Å². The van der Waals surface area contributed by atoms with Gasteiger partial charge in [0, 0.05) is 31.5 Å². The van der Waals surface area contributed by atoms with E-state index < -0.39 is 10.0 Å². The average Bonchev–Trinajstić information content (AvgIpc) is 2.44. The Morgan fingerprint density at radius 3 is 2.53 bits per heavy atom. The zero-order chi connectivity index (χ0) is 11.3. The van der Waals surface area contributed by atoms with Gasteiger partial charge in [-0.25, -0.2) is 12.7 Å². The number of sulfonamides is 1. The van der Waals surface area contributed by atoms with E-state index in [1.165, 1.54) is 0 Å². The highest BCUT2D eigenvalue weighted by atomic mass is 79.9. The largest absolute Gasteiger partial charge is 0.301 e. The Balaban J connectivity index is 2.53. The van der Waals surface area contributed by atoms with Crippen molar-refractivity contribution >= 4 is 26.0 Å². The van der Waals surface area contributed by atoms with Crippen LogP contribution in [0.15, 0.2) is 0 Å². The van der Waals surface area contributed by atoms with E-state index in [0.717, 1.165) is 31.4 Å². The predicted octanol–water partition coefficient (Wildman–Crippen LogP) is 0.739. The lowest BCUT2D eigenvalue weighted by molar-refractivity contribution is 0.305. The third kappa shape index (κ3) is 4.01. The summed E-state index contributed by atoms with van der Waals surface area (Å²) in [6.07, 6.45) is 0.937. The summed E-state index contributed by atoms with van der Waals surface area (Å²) < 4.78 is 25.0. The van der Waals surface area contributed by atoms with Crippen molar-refractivity contribution in [2.45, 2.75) is 13.3 Å². The first kappa shape index (κ1) is 13.4. The second kappa shape index (κ2) is 6.18. The minimum absolute atomic E-state index is 0.214. The summed E-state index contributed by atoms with van der Waals surface area (Å²) in [7, 11) is -2.99. The number of hydrogen-bond acceptors (Lipinski definition) is 3. The lowest BCUT2D eigenvalue weighted by Crippen LogP contribution is -2.36. The normalized spacial score (nSPS) is 21.5. The molecule has 15 heavy (non-hydrogen) atoms. The standard InChI is InChI=1S/C9H19BrN2O2S/c1-2-15(13,14)12-6-3-5-11(7-4-10)8-9-12/h2-9H2,1H3. The minimum atomic E-state index is -2.99. The van der Waals surface area contributed by atoms with Gasteiger partial charge in [0.2, 0.25) is 10.0 Å². The van der Waals surface area contributed by atoms with E-state index in [1.54, 1.807) is 11.2 Å². The van der Waals surface area contributed by atoms with E-state index in [2.05, 4.69) is 20.8 Å². The van der Waals surface area contributed by atoms with Gasteiger partial charge in [0.15, 0.2) is 0 Å². The summed E-state index contributed by atoms with van der Waals surface area (Å²) in [4.78, 5) is 2.31. The maximum absolute atomic E-state index is 11.7. The van der Waals surface area contributed by atoms with E-state index in [-0.39, 0.29) is 5.75 Å². The summed E-state index contributed by atoms with van der Waals surface area (Å²) in [5.74, 6) is 0.214. The Morgan fingerprint density at radius 2 is 1.93 bits per heavy atom. The van der Waals surface area contributed by atoms with Crippen LogP contribution in [0, 0.1) is 0 Å². The molecular formula is C9H19BrN2O2S. The quantitative estimate of drug-likeness (QED) is 0.719. The second-order valence-electron chi connectivity index (χ2n) is 3.68. The Morgan fingerprint density at radius 1 is 1.20 bits per heavy atom. The van der Waals surface area contributed by atoms with E-state index in [4.69, 9.17) is 0 Å². The predicted molar refractivity (Wildman–Crippen MR) is 65.9 cm³/mol. The molecule has 0 atom stereocenters. The molecule has 0 bridgehead atoms. The van der Waals surface area contributed by atoms with E-state index >= 15 is 0 Å². The third-order valence-electron chi connectivity index (χ3n) is 2.71. The zero-order valence-electron chi connectivity index (χ0n) is 9.15. The zero-order valence-corrected chi connectivity index (χ0v) is 11.6. The van der Waals surface area contributed by atoms with Gasteiger partial charge >= 0.3 is 0 Å². The lowest BCUT2D eigenvalue weighted by atomic mass is 10.4. The van der Waals surface area contributed by atoms with Crippen LogP contribution in [-0.2, 0) is 10.0 Å². The van der Waals surface area contributed by atoms with Gasteiger partial charge < -0.3 is 4.90 Å². The van der Waals surface area contributed by atoms with Crippen LogP contribution in [-0.4, -0.2) is 61.4 Å². The van der Waals surface area contributed by atoms with E-state index in [9.17, 15) is 8.42 Å². The maximum Gasteiger partial charge on any atom is 0.213 e. The van der Waals surface area contributed by atoms with Gasteiger partial charge in [-0.15, -0.1) is 0 Å². The highest BCUT2D eigenvalue weighted by molar-refractivity contribution is 9.09. The molecule has 0 radical (unpaired) electrons. The summed E-state index contributed by atoms with van der Waals surface area (Å²) in [6, 6.07) is 0. The van der Waals surface area contributed by atoms with Crippen molar-refractivity contribution in [3.63, 3.8) is 0 Å². The van der Waals surface area contributed by atoms with Gasteiger partial charge in [-0.1, -0.05) is 15.9 Å². The van der Waals surface area contributed by atoms with Crippen LogP contribution < -0.4 is 0 Å². The molecule has 1 rings (SSSR count). The molecule has 1 aliphatic rings. The first-order valence-electron chi connectivity index (χ1n) is 5.36. The van der Waals surface area contributed by atoms with Crippen molar-refractivity contribution in [3.05, 3.63) is 0 Å². The van der Waals surface area contributed by atoms with Crippen molar-refractivity contribution in [1.29, 1.82) is 0 Å². The molecular weight excluding hydrogens is 280 g/mol. The summed E-state index contributed by atoms with van der Waals surface area (Å²) >= 11 is 3.41. The van der Waals surface area contributed by atoms with Crippen molar-refractivity contribution < 1.29 is 8.42 Å². The molecule has 90 valence electrons. The fourth-order valence-electron chi connectivity index (χ4n) is 1.75. The molecule has 0 spiro atoms. The molecule has 0 unspecified atom stereocenters. The number of nitrogens with zero attached hydrogens (tertiary/aromatic N) is 2. The van der Waals surface area contributed by atoms with Gasteiger partial charge in [0.1, 0.15) is 0 Å². The monoisotopic (exact) mass is 298 g/mol. The van der Waals surface area contributed by atoms with Gasteiger partial charge in [-0.2, -0.15) is 0 Å². The van der Waals surface area contributed by atoms with Gasteiger partial charge in [-0.05, 0) is 19.9 Å². The first-order valence-corrected chi connectivity index (χ1v) is 8.09. The molecule has 0 aromatic heterocycles. The molecule has 0 amide bonds. The maximum atomic E-state index is 11.7. The number of halogens is 1. The summed E-state index contributed by atoms with van der Waals surface area (Å²) in [5, 5.41) is 0.952. The van der Waals surface area contributed by atoms with Crippen LogP contribution in [0.5, 0.6) is 0 Å². The first-order chi connectivity index (χ1) is 7.10. The average molecular weight is 299 g/mol. The molecule has 1 fully saturated rings. The molecule has 6 heteroatoms. The van der Waals surface area contributed by atoms with Crippen LogP contribution >= 0.6 is 15.9 Å². The van der Waals surface area contributed by atoms with Crippen LogP contribution in [0.4, 0.5) is 0 Å². The highest BCUT2D eigenvalue weighted by Crippen LogP contribution is 2.08. The molecule has 0 aromatic carbocycles. The fraction of sp³-hybridized carbons (Fsp3) is 1.00. The Kier molecular flexibility index (Phi) is 5.52. The molecule has 1 heterocycles. The second-order valence-corrected chi connectivity index (χ2v) is 6.73. The Bertz CT molecular complexity index is 282. The lowest BCUT2D eigenvalue weighted by Gasteiger charge is -2.20. The fourth-order valence-corrected chi connectivity index (χ4v) is 3.38. The van der Waals surface area contributed by atoms with E-state index in [1.807, 2.05) is 0 Å². The molecule has 0 N–H and O–H groups in total. The van der Waals surface area contributed by atoms with Gasteiger partial charge in [0.25, 0.3) is 0 Å². The van der Waals surface area contributed by atoms with Crippen LogP contribution in [0.2, 0.25) is 0 Å². The van der Waals surface area contributed by atoms with Crippen molar-refractivity contribution in [2.75, 3.05) is 43.8 Å². The Hall–Kier alpha value is 0.350. The van der Waals surface area contributed by atoms with Crippen molar-refractivity contribution in [1.82, 2.24) is 9.21 Å². The molecule has 1 saturated heterocycles. The van der Waals surface area contributed by atoms with E-state index in [0.29, 0.717) is 13.1 Å². The summed E-state index contributed by atoms with van der Waals surface area (Å²) in [6.45, 7) is 5.88. The number of rotatable bonds is 4. The molecule has 1 aliphatic heterocycles. The van der Waals surface area contributed by atoms with Crippen LogP contribution in [0.25, 0.3) is 0 Å². The molecule has 0 aromatic rings. The molecule has 0 aliphatic carbocycles. The number of hydrogen-bond donors (Lipinski definition) is 0. The third-order valence-corrected chi connectivity index (χ3v) is 4.94. The Labute approximate surface area is 101 Å². The van der Waals surface area contributed by atoms with Gasteiger partial charge in [-0.3, -0.25) is 0 Å². The van der Waals surface area contributed by atoms with Crippen LogP contribution in [0.3, 0.4) is 0 Å². The van der Waals surface area contributed by atoms with Crippen molar-refractivity contribution in [2.24, 2.45) is 0 Å². The number of alkyl halides is 1. The SMILES string of the molecule is CCS(=O)(=O)N1CCCN(CCBr)CC1. The topological polar surface area (TPSA) is 40.6 Å². The minimum Gasteiger partial charge on any atom is -0.301 e. The smallest absolute Gasteiger partial charge is 0.213 e. The summed E-state index contributed by atoms with van der Waals surface area (Å²) in [5.41, 5.74) is 0. The highest BCUT2D eigenvalue weighted by Gasteiger charge is 2.22. The van der Waals surface area contributed by atoms with Crippen LogP contribution in [0.1, 0.15) is 13.3 Å². The van der Waals surface area contributed by atoms with Crippen molar-refractivity contribution in [3.8, 4) is 0 Å². The molecule has 0 saturated carbocycles. The molecule has 4 nitrogen and oxygen atoms in total.